The molecular weight excluding hydrogens is 204 g/mol. The molecule has 0 spiro atoms. The van der Waals surface area contributed by atoms with Crippen molar-refractivity contribution in [3.8, 4) is 0 Å². The zero-order chi connectivity index (χ0) is 10.1. The van der Waals surface area contributed by atoms with Crippen LogP contribution >= 0.6 is 11.6 Å². The number of fused-ring (bicyclic) bond motifs is 1. The predicted molar refractivity (Wildman–Crippen MR) is 52.3 cm³/mol. The van der Waals surface area contributed by atoms with E-state index >= 15 is 0 Å². The Bertz CT molecular complexity index is 493. The van der Waals surface area contributed by atoms with Gasteiger partial charge in [0.05, 0.1) is 6.20 Å². The first-order chi connectivity index (χ1) is 6.66. The molecule has 0 radical (unpaired) electrons. The second-order valence-electron chi connectivity index (χ2n) is 2.75. The van der Waals surface area contributed by atoms with Gasteiger partial charge >= 0.3 is 0 Å². The van der Waals surface area contributed by atoms with Gasteiger partial charge in [-0.3, -0.25) is 4.79 Å². The van der Waals surface area contributed by atoms with Crippen LogP contribution in [0.5, 0.6) is 0 Å². The summed E-state index contributed by atoms with van der Waals surface area (Å²) in [6.07, 6.45) is 1.59. The summed E-state index contributed by atoms with van der Waals surface area (Å²) in [5, 5.41) is 6.91. The third-order valence-corrected chi connectivity index (χ3v) is 1.89. The Balaban J connectivity index is 2.53. The fourth-order valence-electron chi connectivity index (χ4n) is 1.12. The highest BCUT2D eigenvalue weighted by Gasteiger charge is 2.04. The highest BCUT2D eigenvalue weighted by atomic mass is 35.5. The lowest BCUT2D eigenvalue weighted by atomic mass is 10.5. The topological polar surface area (TPSA) is 59.3 Å². The van der Waals surface area contributed by atoms with Crippen LogP contribution in [-0.2, 0) is 4.79 Å². The molecule has 0 aromatic carbocycles. The molecule has 2 heterocycles. The largest absolute Gasteiger partial charge is 0.311 e. The molecule has 0 unspecified atom stereocenters. The van der Waals surface area contributed by atoms with E-state index in [0.29, 0.717) is 16.6 Å². The third kappa shape index (κ3) is 1.54. The molecule has 2 aromatic heterocycles. The molecule has 0 aliphatic carbocycles. The number of carbonyl (C=O) groups is 1. The van der Waals surface area contributed by atoms with Gasteiger partial charge in [0.1, 0.15) is 11.0 Å². The molecule has 0 saturated carbocycles. The summed E-state index contributed by atoms with van der Waals surface area (Å²) in [5.41, 5.74) is 0.598. The van der Waals surface area contributed by atoms with Crippen LogP contribution in [0.4, 0.5) is 5.82 Å². The van der Waals surface area contributed by atoms with Crippen LogP contribution in [0.15, 0.2) is 18.3 Å². The standard InChI is InChI=1S/C8H7ClN4O/c1-5(14)11-7-4-6(9)13-8(12-7)2-3-10-13/h2-4H,1H3,(H,11,12,14). The minimum atomic E-state index is -0.183. The second-order valence-corrected chi connectivity index (χ2v) is 3.13. The van der Waals surface area contributed by atoms with Gasteiger partial charge in [0.15, 0.2) is 5.65 Å². The van der Waals surface area contributed by atoms with Gasteiger partial charge in [-0.15, -0.1) is 0 Å². The average molecular weight is 211 g/mol. The average Bonchev–Trinajstić information content (AvgIpc) is 2.50. The number of rotatable bonds is 1. The summed E-state index contributed by atoms with van der Waals surface area (Å²) in [6, 6.07) is 3.25. The fraction of sp³-hybridized carbons (Fsp3) is 0.125. The van der Waals surface area contributed by atoms with E-state index in [9.17, 15) is 4.79 Å². The van der Waals surface area contributed by atoms with E-state index in [0.717, 1.165) is 0 Å². The maximum absolute atomic E-state index is 10.8. The number of amides is 1. The van der Waals surface area contributed by atoms with Gasteiger partial charge in [-0.25, -0.2) is 9.50 Å². The SMILES string of the molecule is CC(=O)Nc1cc(Cl)n2nccc2n1. The number of aromatic nitrogens is 3. The molecule has 2 aromatic rings. The molecule has 6 heteroatoms. The minimum absolute atomic E-state index is 0.183. The van der Waals surface area contributed by atoms with Gasteiger partial charge in [-0.2, -0.15) is 5.10 Å². The van der Waals surface area contributed by atoms with Crippen LogP contribution in [-0.4, -0.2) is 20.5 Å². The van der Waals surface area contributed by atoms with Crippen LogP contribution in [0.25, 0.3) is 5.65 Å². The van der Waals surface area contributed by atoms with E-state index in [4.69, 9.17) is 11.6 Å². The van der Waals surface area contributed by atoms with Gasteiger partial charge < -0.3 is 5.32 Å². The molecule has 14 heavy (non-hydrogen) atoms. The molecule has 72 valence electrons. The first-order valence-corrected chi connectivity index (χ1v) is 4.32. The molecule has 0 saturated heterocycles. The van der Waals surface area contributed by atoms with Gasteiger partial charge in [0, 0.05) is 19.1 Å². The van der Waals surface area contributed by atoms with Gasteiger partial charge in [-0.1, -0.05) is 11.6 Å². The lowest BCUT2D eigenvalue weighted by molar-refractivity contribution is -0.114. The van der Waals surface area contributed by atoms with Gasteiger partial charge in [0.2, 0.25) is 5.91 Å². The van der Waals surface area contributed by atoms with E-state index < -0.39 is 0 Å². The lowest BCUT2D eigenvalue weighted by Crippen LogP contribution is -2.08. The summed E-state index contributed by atoms with van der Waals surface area (Å²) < 4.78 is 1.48. The summed E-state index contributed by atoms with van der Waals surface area (Å²) >= 11 is 5.90. The second kappa shape index (κ2) is 3.26. The van der Waals surface area contributed by atoms with Crippen LogP contribution in [0.1, 0.15) is 6.92 Å². The molecule has 0 aliphatic rings. The first-order valence-electron chi connectivity index (χ1n) is 3.95. The smallest absolute Gasteiger partial charge is 0.222 e. The first kappa shape index (κ1) is 8.96. The number of anilines is 1. The minimum Gasteiger partial charge on any atom is -0.311 e. The van der Waals surface area contributed by atoms with E-state index in [1.807, 2.05) is 0 Å². The molecule has 2 rings (SSSR count). The molecule has 0 atom stereocenters. The Morgan fingerprint density at radius 1 is 1.64 bits per heavy atom. The Labute approximate surface area is 84.7 Å². The monoisotopic (exact) mass is 210 g/mol. The van der Waals surface area contributed by atoms with Crippen LogP contribution in [0.3, 0.4) is 0 Å². The highest BCUT2D eigenvalue weighted by Crippen LogP contribution is 2.15. The number of halogens is 1. The molecule has 5 nitrogen and oxygen atoms in total. The maximum Gasteiger partial charge on any atom is 0.222 e. The summed E-state index contributed by atoms with van der Waals surface area (Å²) in [4.78, 5) is 14.9. The number of nitrogens with one attached hydrogen (secondary N) is 1. The summed E-state index contributed by atoms with van der Waals surface area (Å²) in [7, 11) is 0. The van der Waals surface area contributed by atoms with Gasteiger partial charge in [-0.05, 0) is 0 Å². The van der Waals surface area contributed by atoms with Crippen molar-refractivity contribution >= 4 is 29.0 Å². The van der Waals surface area contributed by atoms with Crippen LogP contribution < -0.4 is 5.32 Å². The fourth-order valence-corrected chi connectivity index (χ4v) is 1.35. The van der Waals surface area contributed by atoms with E-state index in [2.05, 4.69) is 15.4 Å². The Morgan fingerprint density at radius 3 is 3.14 bits per heavy atom. The third-order valence-electron chi connectivity index (χ3n) is 1.62. The van der Waals surface area contributed by atoms with E-state index in [1.165, 1.54) is 11.4 Å². The zero-order valence-electron chi connectivity index (χ0n) is 7.36. The molecule has 0 aliphatic heterocycles. The van der Waals surface area contributed by atoms with Crippen molar-refractivity contribution in [3.63, 3.8) is 0 Å². The number of carbonyl (C=O) groups excluding carboxylic acids is 1. The van der Waals surface area contributed by atoms with E-state index in [-0.39, 0.29) is 5.91 Å². The normalized spacial score (nSPS) is 10.4. The molecule has 1 N–H and O–H groups in total. The molecule has 0 fully saturated rings. The lowest BCUT2D eigenvalue weighted by Gasteiger charge is -2.02. The van der Waals surface area contributed by atoms with Crippen molar-refractivity contribution in [1.82, 2.24) is 14.6 Å². The van der Waals surface area contributed by atoms with Crippen LogP contribution in [0, 0.1) is 0 Å². The molecule has 0 bridgehead atoms. The number of nitrogens with zero attached hydrogens (tertiary/aromatic N) is 3. The van der Waals surface area contributed by atoms with Crippen molar-refractivity contribution in [3.05, 3.63) is 23.5 Å². The zero-order valence-corrected chi connectivity index (χ0v) is 8.12. The number of hydrogen-bond donors (Lipinski definition) is 1. The molecule has 1 amide bonds. The van der Waals surface area contributed by atoms with Crippen molar-refractivity contribution in [2.45, 2.75) is 6.92 Å². The Kier molecular flexibility index (Phi) is 2.09. The van der Waals surface area contributed by atoms with Crippen molar-refractivity contribution < 1.29 is 4.79 Å². The highest BCUT2D eigenvalue weighted by molar-refractivity contribution is 6.30. The van der Waals surface area contributed by atoms with Crippen LogP contribution in [0.2, 0.25) is 5.15 Å². The van der Waals surface area contributed by atoms with Crippen molar-refractivity contribution in [2.75, 3.05) is 5.32 Å². The number of hydrogen-bond acceptors (Lipinski definition) is 3. The van der Waals surface area contributed by atoms with Crippen molar-refractivity contribution in [1.29, 1.82) is 0 Å². The molecular formula is C8H7ClN4O. The summed E-state index contributed by atoms with van der Waals surface area (Å²) in [6.45, 7) is 1.41. The van der Waals surface area contributed by atoms with E-state index in [1.54, 1.807) is 18.3 Å². The predicted octanol–water partition coefficient (Wildman–Crippen LogP) is 1.34. The van der Waals surface area contributed by atoms with Crippen molar-refractivity contribution in [2.24, 2.45) is 0 Å². The van der Waals surface area contributed by atoms with Gasteiger partial charge in [0.25, 0.3) is 0 Å². The summed E-state index contributed by atoms with van der Waals surface area (Å²) in [5.74, 6) is 0.243. The Morgan fingerprint density at radius 2 is 2.43 bits per heavy atom. The quantitative estimate of drug-likeness (QED) is 0.723. The maximum atomic E-state index is 10.8. The Hall–Kier alpha value is -1.62.